The summed E-state index contributed by atoms with van der Waals surface area (Å²) in [4.78, 5) is 4.59. The van der Waals surface area contributed by atoms with Crippen LogP contribution in [0.3, 0.4) is 0 Å². The molecule has 0 saturated heterocycles. The fourth-order valence-corrected chi connectivity index (χ4v) is 12.3. The van der Waals surface area contributed by atoms with Gasteiger partial charge in [0.1, 0.15) is 0 Å². The number of fused-ring (bicyclic) bond motifs is 1. The first-order valence-corrected chi connectivity index (χ1v) is 16.8. The number of nitrogens with zero attached hydrogens (tertiary/aromatic N) is 1. The van der Waals surface area contributed by atoms with Gasteiger partial charge in [-0.05, 0) is 0 Å². The quantitative estimate of drug-likeness (QED) is 0.733. The fraction of sp³-hybridized carbons (Fsp3) is 0.222. The van der Waals surface area contributed by atoms with Crippen LogP contribution in [0, 0.1) is 0 Å². The molecule has 0 atom stereocenters. The van der Waals surface area contributed by atoms with E-state index in [-0.39, 0.29) is 0 Å². The molecule has 0 aliphatic rings. The van der Waals surface area contributed by atoms with Gasteiger partial charge in [0.05, 0.1) is 0 Å². The first-order valence-electron chi connectivity index (χ1n) is 4.38. The molecular formula is C9H9HgNS2. The number of para-hydroxylation sites is 1. The van der Waals surface area contributed by atoms with Crippen LogP contribution in [0.5, 0.6) is 0 Å². The normalized spacial score (nSPS) is 10.2. The van der Waals surface area contributed by atoms with Crippen LogP contribution in [0.1, 0.15) is 6.92 Å². The molecule has 1 nitrogen and oxygen atoms in total. The minimum absolute atomic E-state index is 0.632. The molecular weight excluding hydrogens is 387 g/mol. The second-order valence-electron chi connectivity index (χ2n) is 2.80. The molecule has 2 rings (SSSR count). The molecule has 0 spiro atoms. The van der Waals surface area contributed by atoms with Gasteiger partial charge in [-0.2, -0.15) is 0 Å². The Balaban J connectivity index is 2.28. The average Bonchev–Trinajstić information content (AvgIpc) is 2.57. The molecule has 0 radical (unpaired) electrons. The number of hydrogen-bond acceptors (Lipinski definition) is 3. The van der Waals surface area contributed by atoms with Crippen molar-refractivity contribution in [3.05, 3.63) is 24.3 Å². The summed E-state index contributed by atoms with van der Waals surface area (Å²) in [5, 5.41) is 0. The molecule has 0 N–H and O–H groups in total. The van der Waals surface area contributed by atoms with E-state index in [1.165, 1.54) is 18.5 Å². The van der Waals surface area contributed by atoms with E-state index >= 15 is 0 Å². The van der Waals surface area contributed by atoms with Crippen LogP contribution in [0.25, 0.3) is 10.2 Å². The van der Waals surface area contributed by atoms with E-state index in [4.69, 9.17) is 0 Å². The fourth-order valence-electron chi connectivity index (χ4n) is 1.10. The van der Waals surface area contributed by atoms with Crippen molar-refractivity contribution < 1.29 is 23.1 Å². The third kappa shape index (κ3) is 2.45. The molecule has 13 heavy (non-hydrogen) atoms. The number of rotatable bonds is 3. The Morgan fingerprint density at radius 3 is 3.08 bits per heavy atom. The Hall–Kier alpha value is 0.395. The van der Waals surface area contributed by atoms with Gasteiger partial charge in [-0.3, -0.25) is 0 Å². The van der Waals surface area contributed by atoms with E-state index in [0.29, 0.717) is 0 Å². The van der Waals surface area contributed by atoms with E-state index in [1.807, 2.05) is 11.3 Å². The van der Waals surface area contributed by atoms with E-state index in [2.05, 4.69) is 44.4 Å². The summed E-state index contributed by atoms with van der Waals surface area (Å²) < 4.78 is 4.06. The Kier molecular flexibility index (Phi) is 3.63. The van der Waals surface area contributed by atoms with Gasteiger partial charge in [0.2, 0.25) is 0 Å². The van der Waals surface area contributed by atoms with Gasteiger partial charge in [0, 0.05) is 0 Å². The summed E-state index contributed by atoms with van der Waals surface area (Å²) in [7, 11) is 2.08. The molecule has 0 unspecified atom stereocenters. The number of aromatic nitrogens is 1. The molecule has 0 saturated carbocycles. The van der Waals surface area contributed by atoms with Crippen molar-refractivity contribution in [2.45, 2.75) is 15.2 Å². The molecule has 0 aliphatic carbocycles. The molecule has 64 valence electrons. The van der Waals surface area contributed by atoms with Crippen molar-refractivity contribution in [3.63, 3.8) is 0 Å². The number of thiazole rings is 1. The number of hydrogen-bond donors (Lipinski definition) is 0. The molecule has 4 heteroatoms. The maximum atomic E-state index is 4.59. The standard InChI is InChI=1S/C7H5NS2.C2H5.Hg/c9-7-8-5-3-1-2-4-6(5)10-7;1-2;/h1-4H,(H,8,9);1H2,2H3;/q;;+1/p-1. The van der Waals surface area contributed by atoms with Gasteiger partial charge in [-0.25, -0.2) is 0 Å². The second kappa shape index (κ2) is 4.76. The average molecular weight is 396 g/mol. The first kappa shape index (κ1) is 9.93. The van der Waals surface area contributed by atoms with Gasteiger partial charge in [-0.15, -0.1) is 0 Å². The summed E-state index contributed by atoms with van der Waals surface area (Å²) in [6, 6.07) is 8.39. The van der Waals surface area contributed by atoms with Gasteiger partial charge in [0.25, 0.3) is 0 Å². The molecule has 0 amide bonds. The second-order valence-corrected chi connectivity index (χ2v) is 17.2. The van der Waals surface area contributed by atoms with Crippen LogP contribution in [0.2, 0.25) is 3.93 Å². The van der Waals surface area contributed by atoms with Crippen LogP contribution in [0.15, 0.2) is 28.6 Å². The van der Waals surface area contributed by atoms with E-state index in [9.17, 15) is 0 Å². The molecule has 0 bridgehead atoms. The van der Waals surface area contributed by atoms with Crippen LogP contribution in [-0.2, 0) is 23.1 Å². The zero-order valence-electron chi connectivity index (χ0n) is 7.49. The monoisotopic (exact) mass is 397 g/mol. The summed E-state index contributed by atoms with van der Waals surface area (Å²) in [5.41, 5.74) is 1.17. The van der Waals surface area contributed by atoms with Gasteiger partial charge >= 0.3 is 97.3 Å². The minimum atomic E-state index is -0.632. The van der Waals surface area contributed by atoms with Crippen molar-refractivity contribution in [2.75, 3.05) is 0 Å². The third-order valence-corrected chi connectivity index (χ3v) is 16.9. The molecule has 0 fully saturated rings. The van der Waals surface area contributed by atoms with Crippen LogP contribution in [-0.4, -0.2) is 4.98 Å². The van der Waals surface area contributed by atoms with Crippen molar-refractivity contribution in [2.24, 2.45) is 0 Å². The predicted octanol–water partition coefficient (Wildman–Crippen LogP) is 3.82. The maximum absolute atomic E-state index is 4.59. The summed E-state index contributed by atoms with van der Waals surface area (Å²) in [6.45, 7) is 2.29. The Labute approximate surface area is 96.5 Å². The van der Waals surface area contributed by atoms with Crippen molar-refractivity contribution >= 4 is 29.8 Å². The molecule has 1 aromatic carbocycles. The van der Waals surface area contributed by atoms with E-state index < -0.39 is 23.1 Å². The summed E-state index contributed by atoms with van der Waals surface area (Å²) >= 11 is 1.21. The van der Waals surface area contributed by atoms with Crippen LogP contribution < -0.4 is 0 Å². The zero-order chi connectivity index (χ0) is 9.10. The van der Waals surface area contributed by atoms with Gasteiger partial charge < -0.3 is 0 Å². The Bertz CT molecular complexity index is 366. The molecule has 2 aromatic rings. The van der Waals surface area contributed by atoms with Gasteiger partial charge in [-0.1, -0.05) is 0 Å². The van der Waals surface area contributed by atoms with Gasteiger partial charge in [0.15, 0.2) is 0 Å². The SMILES string of the molecule is C[CH2][Hg][S]c1nc2ccccc2s1. The third-order valence-electron chi connectivity index (χ3n) is 1.70. The predicted molar refractivity (Wildman–Crippen MR) is 56.0 cm³/mol. The topological polar surface area (TPSA) is 12.9 Å². The Morgan fingerprint density at radius 1 is 1.46 bits per heavy atom. The first-order chi connectivity index (χ1) is 6.40. The van der Waals surface area contributed by atoms with E-state index in [1.54, 1.807) is 0 Å². The van der Waals surface area contributed by atoms with Crippen molar-refractivity contribution in [3.8, 4) is 0 Å². The van der Waals surface area contributed by atoms with Crippen molar-refractivity contribution in [1.82, 2.24) is 4.98 Å². The molecule has 0 aliphatic heterocycles. The van der Waals surface area contributed by atoms with Crippen molar-refractivity contribution in [1.29, 1.82) is 0 Å². The van der Waals surface area contributed by atoms with E-state index in [0.717, 1.165) is 0 Å². The Morgan fingerprint density at radius 2 is 2.31 bits per heavy atom. The van der Waals surface area contributed by atoms with Crippen LogP contribution in [0.4, 0.5) is 0 Å². The summed E-state index contributed by atoms with van der Waals surface area (Å²) in [6.07, 6.45) is 0. The molecule has 1 heterocycles. The zero-order valence-corrected chi connectivity index (χ0v) is 14.6. The molecule has 1 aromatic heterocycles. The van der Waals surface area contributed by atoms with Crippen LogP contribution >= 0.6 is 19.6 Å². The number of benzene rings is 1. The summed E-state index contributed by atoms with van der Waals surface area (Å²) in [5.74, 6) is 0.